The molecule has 14 nitrogen and oxygen atoms in total. The number of aromatic hydroxyl groups is 6. The molecule has 2 aromatic carbocycles. The molecule has 0 saturated carbocycles. The van der Waals surface area contributed by atoms with Crippen molar-refractivity contribution in [3.8, 4) is 34.5 Å². The molecule has 0 aromatic heterocycles. The van der Waals surface area contributed by atoms with Crippen molar-refractivity contribution in [1.82, 2.24) is 0 Å². The van der Waals surface area contributed by atoms with Crippen molar-refractivity contribution in [3.05, 3.63) is 35.4 Å². The fourth-order valence-corrected chi connectivity index (χ4v) is 2.57. The van der Waals surface area contributed by atoms with E-state index in [1.165, 1.54) is 0 Å². The highest BCUT2D eigenvalue weighted by Crippen LogP contribution is 2.36. The lowest BCUT2D eigenvalue weighted by atomic mass is 9.95. The fourth-order valence-electron chi connectivity index (χ4n) is 2.57. The summed E-state index contributed by atoms with van der Waals surface area (Å²) in [5.41, 5.74) is -3.84. The zero-order valence-electron chi connectivity index (χ0n) is 17.0. The van der Waals surface area contributed by atoms with E-state index in [9.17, 15) is 60.3 Å². The van der Waals surface area contributed by atoms with Crippen molar-refractivity contribution in [1.29, 1.82) is 0 Å². The Balaban J connectivity index is 2.02. The van der Waals surface area contributed by atoms with Crippen LogP contribution in [0, 0.1) is 0 Å². The van der Waals surface area contributed by atoms with E-state index in [4.69, 9.17) is 0 Å². The molecule has 2 rings (SSSR count). The van der Waals surface area contributed by atoms with Crippen LogP contribution in [0.15, 0.2) is 24.3 Å². The number of aldehydes is 1. The summed E-state index contributed by atoms with van der Waals surface area (Å²) in [4.78, 5) is 35.3. The van der Waals surface area contributed by atoms with Gasteiger partial charge in [-0.2, -0.15) is 0 Å². The van der Waals surface area contributed by atoms with E-state index in [1.807, 2.05) is 0 Å². The maximum Gasteiger partial charge on any atom is 0.338 e. The molecule has 34 heavy (non-hydrogen) atoms. The Morgan fingerprint density at radius 1 is 0.794 bits per heavy atom. The number of esters is 2. The van der Waals surface area contributed by atoms with Gasteiger partial charge in [0.05, 0.1) is 11.1 Å². The molecule has 0 aliphatic rings. The zero-order valence-corrected chi connectivity index (χ0v) is 17.0. The average Bonchev–Trinajstić information content (AvgIpc) is 2.80. The highest BCUT2D eigenvalue weighted by atomic mass is 16.6. The van der Waals surface area contributed by atoms with Gasteiger partial charge in [0.1, 0.15) is 25.4 Å². The molecule has 184 valence electrons. The minimum Gasteiger partial charge on any atom is -0.504 e. The molecule has 0 unspecified atom stereocenters. The van der Waals surface area contributed by atoms with Crippen molar-refractivity contribution in [2.45, 2.75) is 17.8 Å². The number of phenols is 6. The molecule has 14 heteroatoms. The van der Waals surface area contributed by atoms with Crippen LogP contribution in [0.3, 0.4) is 0 Å². The van der Waals surface area contributed by atoms with Crippen LogP contribution in [0.1, 0.15) is 20.7 Å². The molecule has 0 saturated heterocycles. The van der Waals surface area contributed by atoms with E-state index in [0.29, 0.717) is 12.1 Å². The SMILES string of the molecule is O=C[C@@](O)(COC(=O)c1cc(O)c(O)c(O)c1)[C@H](O)[C@H](O)COC(=O)c1cc(O)c(O)c(O)c1. The Hall–Kier alpha value is -4.27. The maximum absolute atomic E-state index is 12.0. The van der Waals surface area contributed by atoms with E-state index >= 15 is 0 Å². The number of benzene rings is 2. The molecule has 0 spiro atoms. The van der Waals surface area contributed by atoms with Gasteiger partial charge in [0.2, 0.25) is 0 Å². The molecular formula is C20H20O14. The monoisotopic (exact) mass is 484 g/mol. The lowest BCUT2D eigenvalue weighted by molar-refractivity contribution is -0.163. The van der Waals surface area contributed by atoms with E-state index < -0.39 is 88.6 Å². The average molecular weight is 484 g/mol. The minimum atomic E-state index is -2.89. The number of hydrogen-bond donors (Lipinski definition) is 9. The summed E-state index contributed by atoms with van der Waals surface area (Å²) >= 11 is 0. The van der Waals surface area contributed by atoms with Crippen LogP contribution in [0.5, 0.6) is 34.5 Å². The van der Waals surface area contributed by atoms with Crippen molar-refractivity contribution >= 4 is 18.2 Å². The van der Waals surface area contributed by atoms with Crippen molar-refractivity contribution in [2.24, 2.45) is 0 Å². The molecule has 0 aliphatic heterocycles. The zero-order chi connectivity index (χ0) is 25.8. The fraction of sp³-hybridized carbons (Fsp3) is 0.250. The van der Waals surface area contributed by atoms with Crippen LogP contribution < -0.4 is 0 Å². The second-order valence-corrected chi connectivity index (χ2v) is 7.02. The second-order valence-electron chi connectivity index (χ2n) is 7.02. The number of ether oxygens (including phenoxy) is 2. The standard InChI is InChI=1S/C20H20O14/c21-6-20(32,7-34-19(31)9-3-12(24)16(28)13(25)4-9)17(29)14(26)5-33-18(30)8-1-10(22)15(27)11(23)2-8/h1-4,6,14,17,22-29,32H,5,7H2/t14-,17-,20-/m1/s1. The van der Waals surface area contributed by atoms with Gasteiger partial charge in [0.15, 0.2) is 46.4 Å². The lowest BCUT2D eigenvalue weighted by Gasteiger charge is -2.30. The molecule has 0 amide bonds. The number of hydrogen-bond acceptors (Lipinski definition) is 14. The lowest BCUT2D eigenvalue weighted by Crippen LogP contribution is -2.55. The van der Waals surface area contributed by atoms with Crippen molar-refractivity contribution in [3.63, 3.8) is 0 Å². The quantitative estimate of drug-likeness (QED) is 0.113. The molecule has 9 N–H and O–H groups in total. The number of phenolic OH excluding ortho intramolecular Hbond substituents is 6. The van der Waals surface area contributed by atoms with Gasteiger partial charge >= 0.3 is 11.9 Å². The van der Waals surface area contributed by atoms with Gasteiger partial charge in [-0.25, -0.2) is 9.59 Å². The summed E-state index contributed by atoms with van der Waals surface area (Å²) in [7, 11) is 0. The molecule has 3 atom stereocenters. The van der Waals surface area contributed by atoms with Gasteiger partial charge in [-0.1, -0.05) is 0 Å². The predicted octanol–water partition coefficient (Wildman–Crippen LogP) is -1.41. The Labute approximate surface area is 189 Å². The predicted molar refractivity (Wildman–Crippen MR) is 106 cm³/mol. The van der Waals surface area contributed by atoms with Gasteiger partial charge in [-0.05, 0) is 24.3 Å². The Morgan fingerprint density at radius 2 is 1.18 bits per heavy atom. The third-order valence-corrected chi connectivity index (χ3v) is 4.51. The summed E-state index contributed by atoms with van der Waals surface area (Å²) < 4.78 is 9.32. The maximum atomic E-state index is 12.0. The van der Waals surface area contributed by atoms with Gasteiger partial charge in [-0.3, -0.25) is 4.79 Å². The third-order valence-electron chi connectivity index (χ3n) is 4.51. The highest BCUT2D eigenvalue weighted by molar-refractivity contribution is 5.91. The summed E-state index contributed by atoms with van der Waals surface area (Å²) in [6.07, 6.45) is -4.70. The van der Waals surface area contributed by atoms with E-state index in [2.05, 4.69) is 9.47 Å². The first-order valence-corrected chi connectivity index (χ1v) is 9.19. The summed E-state index contributed by atoms with van der Waals surface area (Å²) in [6, 6.07) is 2.89. The smallest absolute Gasteiger partial charge is 0.338 e. The van der Waals surface area contributed by atoms with Gasteiger partial charge in [0, 0.05) is 0 Å². The van der Waals surface area contributed by atoms with Crippen LogP contribution >= 0.6 is 0 Å². The summed E-state index contributed by atoms with van der Waals surface area (Å²) in [6.45, 7) is -2.23. The molecular weight excluding hydrogens is 464 g/mol. The van der Waals surface area contributed by atoms with E-state index in [-0.39, 0.29) is 6.29 Å². The van der Waals surface area contributed by atoms with Crippen LogP contribution in [0.4, 0.5) is 0 Å². The molecule has 0 fully saturated rings. The van der Waals surface area contributed by atoms with Gasteiger partial charge < -0.3 is 55.4 Å². The topological polar surface area (TPSA) is 252 Å². The number of carbonyl (C=O) groups excluding carboxylic acids is 3. The van der Waals surface area contributed by atoms with Gasteiger partial charge in [-0.15, -0.1) is 0 Å². The number of rotatable bonds is 9. The van der Waals surface area contributed by atoms with E-state index in [0.717, 1.165) is 12.1 Å². The molecule has 0 radical (unpaired) electrons. The van der Waals surface area contributed by atoms with Crippen LogP contribution in [-0.2, 0) is 14.3 Å². The van der Waals surface area contributed by atoms with Crippen LogP contribution in [0.25, 0.3) is 0 Å². The Morgan fingerprint density at radius 3 is 1.56 bits per heavy atom. The van der Waals surface area contributed by atoms with Crippen molar-refractivity contribution < 1.29 is 69.8 Å². The number of aliphatic hydroxyl groups excluding tert-OH is 2. The second kappa shape index (κ2) is 10.1. The molecule has 0 bridgehead atoms. The summed E-state index contributed by atoms with van der Waals surface area (Å²) in [5.74, 6) is -7.77. The molecule has 0 heterocycles. The Kier molecular flexibility index (Phi) is 7.73. The highest BCUT2D eigenvalue weighted by Gasteiger charge is 2.42. The van der Waals surface area contributed by atoms with E-state index in [1.54, 1.807) is 0 Å². The summed E-state index contributed by atoms with van der Waals surface area (Å²) in [5, 5.41) is 86.6. The van der Waals surface area contributed by atoms with Crippen LogP contribution in [0.2, 0.25) is 0 Å². The Bertz CT molecular complexity index is 1050. The third kappa shape index (κ3) is 5.55. The largest absolute Gasteiger partial charge is 0.504 e. The first-order valence-electron chi connectivity index (χ1n) is 9.19. The van der Waals surface area contributed by atoms with Crippen LogP contribution in [-0.4, -0.2) is 95.2 Å². The number of carbonyl (C=O) groups is 3. The number of aliphatic hydroxyl groups is 3. The molecule has 2 aromatic rings. The van der Waals surface area contributed by atoms with Gasteiger partial charge in [0.25, 0.3) is 0 Å². The first-order chi connectivity index (χ1) is 15.8. The normalized spacial score (nSPS) is 14.4. The molecule has 0 aliphatic carbocycles. The van der Waals surface area contributed by atoms with Crippen molar-refractivity contribution in [2.75, 3.05) is 13.2 Å². The first kappa shape index (κ1) is 26.0. The minimum absolute atomic E-state index is 0.252.